The number of H-pyrrole nitrogens is 2. The van der Waals surface area contributed by atoms with Gasteiger partial charge in [0.1, 0.15) is 11.5 Å². The van der Waals surface area contributed by atoms with Crippen LogP contribution in [0.15, 0.2) is 64.6 Å². The Morgan fingerprint density at radius 2 is 1.29 bits per heavy atom. The first-order chi connectivity index (χ1) is 21.9. The number of hydrogen-bond donors (Lipinski definition) is 2. The highest BCUT2D eigenvalue weighted by atomic mass is 16.6. The van der Waals surface area contributed by atoms with Gasteiger partial charge >= 0.3 is 5.97 Å². The van der Waals surface area contributed by atoms with Crippen LogP contribution in [0.5, 0.6) is 23.0 Å². The van der Waals surface area contributed by atoms with Crippen LogP contribution in [0.2, 0.25) is 0 Å². The van der Waals surface area contributed by atoms with E-state index in [1.165, 1.54) is 28.8 Å². The minimum Gasteiger partial charge on any atom is -0.497 e. The number of methoxy groups -OCH3 is 3. The predicted molar refractivity (Wildman–Crippen MR) is 176 cm³/mol. The number of nitrogens with one attached hydrogen (secondary N) is 2. The van der Waals surface area contributed by atoms with Crippen LogP contribution in [-0.4, -0.2) is 61.8 Å². The van der Waals surface area contributed by atoms with E-state index in [1.54, 1.807) is 21.3 Å². The highest BCUT2D eigenvalue weighted by molar-refractivity contribution is 6.09. The van der Waals surface area contributed by atoms with Gasteiger partial charge in [-0.05, 0) is 84.7 Å². The molecule has 0 amide bonds. The third-order valence-corrected chi connectivity index (χ3v) is 8.92. The topological polar surface area (TPSA) is 110 Å². The molecule has 3 aromatic carbocycles. The molecule has 2 aliphatic rings. The van der Waals surface area contributed by atoms with Crippen LogP contribution in [0.3, 0.4) is 0 Å². The molecule has 0 saturated carbocycles. The summed E-state index contributed by atoms with van der Waals surface area (Å²) in [7, 11) is 4.96. The van der Waals surface area contributed by atoms with Gasteiger partial charge in [0.2, 0.25) is 0 Å². The van der Waals surface area contributed by atoms with Gasteiger partial charge in [-0.1, -0.05) is 6.07 Å². The first-order valence-electron chi connectivity index (χ1n) is 15.3. The zero-order valence-electron chi connectivity index (χ0n) is 26.0. The number of aromatic nitrogens is 2. The number of ether oxygens (including phenoxy) is 4. The monoisotopic (exact) mass is 604 g/mol. The molecular weight excluding hydrogens is 568 g/mol. The molecule has 0 bridgehead atoms. The van der Waals surface area contributed by atoms with E-state index < -0.39 is 5.97 Å². The van der Waals surface area contributed by atoms with Gasteiger partial charge in [-0.25, -0.2) is 0 Å². The van der Waals surface area contributed by atoms with E-state index in [0.29, 0.717) is 24.3 Å². The largest absolute Gasteiger partial charge is 0.497 e. The summed E-state index contributed by atoms with van der Waals surface area (Å²) in [4.78, 5) is 29.2. The molecule has 0 radical (unpaired) electrons. The summed E-state index contributed by atoms with van der Waals surface area (Å²) in [5.74, 6) is 2.18. The average molecular weight is 605 g/mol. The van der Waals surface area contributed by atoms with E-state index in [0.717, 1.165) is 76.8 Å². The van der Waals surface area contributed by atoms with E-state index in [2.05, 4.69) is 22.1 Å². The Morgan fingerprint density at radius 3 is 1.78 bits per heavy atom. The zero-order valence-corrected chi connectivity index (χ0v) is 26.0. The fraction of sp³-hybridized carbons (Fsp3) is 0.306. The Morgan fingerprint density at radius 1 is 0.733 bits per heavy atom. The smallest absolute Gasteiger partial charge is 0.308 e. The van der Waals surface area contributed by atoms with Gasteiger partial charge in [-0.15, -0.1) is 0 Å². The molecule has 0 saturated heterocycles. The highest BCUT2D eigenvalue weighted by Crippen LogP contribution is 2.38. The van der Waals surface area contributed by atoms with Crippen molar-refractivity contribution in [1.82, 2.24) is 9.97 Å². The number of aliphatic imine (C=N–C) groups is 2. The molecular formula is C36H36N4O5. The first-order valence-corrected chi connectivity index (χ1v) is 15.3. The van der Waals surface area contributed by atoms with E-state index >= 15 is 0 Å². The van der Waals surface area contributed by atoms with Crippen LogP contribution in [0.25, 0.3) is 21.8 Å². The fourth-order valence-corrected chi connectivity index (χ4v) is 6.78. The lowest BCUT2D eigenvalue weighted by molar-refractivity contribution is -0.132. The molecule has 7 rings (SSSR count). The second-order valence-corrected chi connectivity index (χ2v) is 11.5. The van der Waals surface area contributed by atoms with E-state index in [-0.39, 0.29) is 5.92 Å². The van der Waals surface area contributed by atoms with Crippen LogP contribution in [0.4, 0.5) is 0 Å². The average Bonchev–Trinajstić information content (AvgIpc) is 3.63. The van der Waals surface area contributed by atoms with E-state index in [1.807, 2.05) is 42.5 Å². The number of carbonyl (C=O) groups excluding carboxylic acids is 1. The van der Waals surface area contributed by atoms with Gasteiger partial charge < -0.3 is 28.9 Å². The third kappa shape index (κ3) is 5.32. The van der Waals surface area contributed by atoms with Crippen molar-refractivity contribution >= 4 is 39.2 Å². The molecule has 2 aromatic heterocycles. The third-order valence-electron chi connectivity index (χ3n) is 8.92. The predicted octanol–water partition coefficient (Wildman–Crippen LogP) is 6.55. The molecule has 5 aromatic rings. The zero-order chi connectivity index (χ0) is 31.1. The second kappa shape index (κ2) is 11.8. The maximum atomic E-state index is 11.8. The number of nitrogens with zero attached hydrogens (tertiary/aromatic N) is 2. The fourth-order valence-electron chi connectivity index (χ4n) is 6.78. The summed E-state index contributed by atoms with van der Waals surface area (Å²) in [6.07, 6.45) is 3.15. The van der Waals surface area contributed by atoms with Crippen molar-refractivity contribution in [3.05, 3.63) is 82.7 Å². The molecule has 9 heteroatoms. The van der Waals surface area contributed by atoms with Gasteiger partial charge in [0.15, 0.2) is 11.5 Å². The number of benzene rings is 3. The first kappa shape index (κ1) is 28.7. The minimum absolute atomic E-state index is 0.0153. The van der Waals surface area contributed by atoms with Crippen molar-refractivity contribution in [2.75, 3.05) is 34.4 Å². The molecule has 0 unspecified atom stereocenters. The van der Waals surface area contributed by atoms with Gasteiger partial charge in [0.05, 0.1) is 44.1 Å². The number of hydrogen-bond acceptors (Lipinski definition) is 7. The Hall–Kier alpha value is -5.05. The molecule has 45 heavy (non-hydrogen) atoms. The summed E-state index contributed by atoms with van der Waals surface area (Å²) in [6.45, 7) is 2.86. The van der Waals surface area contributed by atoms with Crippen molar-refractivity contribution in [1.29, 1.82) is 0 Å². The quantitative estimate of drug-likeness (QED) is 0.146. The summed E-state index contributed by atoms with van der Waals surface area (Å²) >= 11 is 0. The van der Waals surface area contributed by atoms with Crippen LogP contribution in [0.1, 0.15) is 53.8 Å². The summed E-state index contributed by atoms with van der Waals surface area (Å²) in [5.41, 5.74) is 9.99. The summed E-state index contributed by atoms with van der Waals surface area (Å²) < 4.78 is 22.1. The maximum Gasteiger partial charge on any atom is 0.308 e. The van der Waals surface area contributed by atoms with Crippen molar-refractivity contribution in [2.24, 2.45) is 9.98 Å². The lowest BCUT2D eigenvalue weighted by Crippen LogP contribution is -2.20. The molecule has 2 aliphatic heterocycles. The summed E-state index contributed by atoms with van der Waals surface area (Å²) in [5, 5.41) is 2.41. The molecule has 0 atom stereocenters. The molecule has 230 valence electrons. The minimum atomic E-state index is -0.392. The van der Waals surface area contributed by atoms with E-state index in [4.69, 9.17) is 28.9 Å². The lowest BCUT2D eigenvalue weighted by atomic mass is 9.84. The molecule has 2 N–H and O–H groups in total. The van der Waals surface area contributed by atoms with Crippen LogP contribution in [-0.2, 0) is 17.6 Å². The number of carbonyl (C=O) groups is 1. The van der Waals surface area contributed by atoms with Crippen LogP contribution < -0.4 is 18.9 Å². The van der Waals surface area contributed by atoms with Crippen LogP contribution in [0, 0.1) is 0 Å². The number of aromatic amines is 2. The SMILES string of the molecule is COc1ccc2c3c([nH]c2c1)C(CC(CC1=NCCc2c1[nH]c1cc(OC)ccc21)c1ccc(OC(C)=O)c(OC)c1)=NCC3. The summed E-state index contributed by atoms with van der Waals surface area (Å²) in [6, 6.07) is 18.2. The second-order valence-electron chi connectivity index (χ2n) is 11.5. The normalized spacial score (nSPS) is 14.2. The Bertz CT molecular complexity index is 1890. The van der Waals surface area contributed by atoms with Gasteiger partial charge in [0, 0.05) is 54.0 Å². The van der Waals surface area contributed by atoms with E-state index in [9.17, 15) is 4.79 Å². The van der Waals surface area contributed by atoms with Crippen LogP contribution >= 0.6 is 0 Å². The van der Waals surface area contributed by atoms with Gasteiger partial charge in [0.25, 0.3) is 0 Å². The van der Waals surface area contributed by atoms with Crippen molar-refractivity contribution in [3.63, 3.8) is 0 Å². The molecule has 0 aliphatic carbocycles. The van der Waals surface area contributed by atoms with Crippen molar-refractivity contribution in [3.8, 4) is 23.0 Å². The van der Waals surface area contributed by atoms with Gasteiger partial charge in [-0.2, -0.15) is 0 Å². The number of fused-ring (bicyclic) bond motifs is 6. The Balaban J connectivity index is 1.28. The maximum absolute atomic E-state index is 11.8. The highest BCUT2D eigenvalue weighted by Gasteiger charge is 2.28. The molecule has 4 heterocycles. The van der Waals surface area contributed by atoms with Crippen molar-refractivity contribution in [2.45, 2.75) is 38.5 Å². The molecule has 0 spiro atoms. The molecule has 0 fully saturated rings. The van der Waals surface area contributed by atoms with Crippen molar-refractivity contribution < 1.29 is 23.7 Å². The Kier molecular flexibility index (Phi) is 7.53. The Labute approximate surface area is 261 Å². The van der Waals surface area contributed by atoms with Gasteiger partial charge in [-0.3, -0.25) is 14.8 Å². The lowest BCUT2D eigenvalue weighted by Gasteiger charge is -2.24. The standard InChI is InChI=1S/C36H36N4O5/c1-20(41)45-33-10-5-21(17-34(33)44-4)22(15-31-35-27(11-13-37-31)25-8-6-23(42-2)18-29(25)39-35)16-32-36-28(12-14-38-32)26-9-7-24(43-3)19-30(26)40-36/h5-10,17-19,22,39-40H,11-16H2,1-4H3. The number of esters is 1. The number of rotatable bonds is 9. The molecule has 9 nitrogen and oxygen atoms in total.